The Hall–Kier alpha value is -1.95. The molecule has 1 N–H and O–H groups in total. The van der Waals surface area contributed by atoms with Gasteiger partial charge in [0.15, 0.2) is 23.1 Å². The third-order valence-corrected chi connectivity index (χ3v) is 2.67. The van der Waals surface area contributed by atoms with E-state index in [4.69, 9.17) is 9.26 Å². The lowest BCUT2D eigenvalue weighted by Gasteiger charge is -2.09. The number of nitrogens with zero attached hydrogens (tertiary/aromatic N) is 1. The molecule has 108 valence electrons. The fourth-order valence-electron chi connectivity index (χ4n) is 1.75. The van der Waals surface area contributed by atoms with E-state index >= 15 is 0 Å². The number of halogens is 2. The Bertz CT molecular complexity index is 561. The first-order valence-electron chi connectivity index (χ1n) is 6.33. The van der Waals surface area contributed by atoms with Gasteiger partial charge in [-0.3, -0.25) is 0 Å². The van der Waals surface area contributed by atoms with Crippen LogP contribution in [-0.2, 0) is 13.2 Å². The first-order valence-corrected chi connectivity index (χ1v) is 6.33. The van der Waals surface area contributed by atoms with E-state index in [9.17, 15) is 8.78 Å². The highest BCUT2D eigenvalue weighted by atomic mass is 19.1. The van der Waals surface area contributed by atoms with Crippen LogP contribution in [0.25, 0.3) is 0 Å². The lowest BCUT2D eigenvalue weighted by Crippen LogP contribution is -2.12. The molecule has 0 saturated heterocycles. The Morgan fingerprint density at radius 1 is 1.25 bits per heavy atom. The van der Waals surface area contributed by atoms with E-state index in [1.165, 1.54) is 12.1 Å². The van der Waals surface area contributed by atoms with Gasteiger partial charge in [-0.2, -0.15) is 0 Å². The zero-order valence-electron chi connectivity index (χ0n) is 11.4. The van der Waals surface area contributed by atoms with Crippen LogP contribution < -0.4 is 10.1 Å². The zero-order chi connectivity index (χ0) is 14.5. The summed E-state index contributed by atoms with van der Waals surface area (Å²) in [5, 5.41) is 6.67. The Balaban J connectivity index is 2.07. The molecule has 0 aliphatic heterocycles. The van der Waals surface area contributed by atoms with E-state index in [-0.39, 0.29) is 6.61 Å². The first-order chi connectivity index (χ1) is 9.60. The average Bonchev–Trinajstić information content (AvgIpc) is 2.81. The predicted octanol–water partition coefficient (Wildman–Crippen LogP) is 2.95. The van der Waals surface area contributed by atoms with Crippen LogP contribution in [0.4, 0.5) is 8.78 Å². The number of ether oxygens (including phenoxy) is 1. The number of rotatable bonds is 6. The SMILES string of the molecule is CCNCc1cc(F)c(OCc2cc(C)no2)c(F)c1. The molecule has 0 aliphatic carbocycles. The van der Waals surface area contributed by atoms with Gasteiger partial charge in [-0.05, 0) is 31.2 Å². The van der Waals surface area contributed by atoms with Gasteiger partial charge in [0.1, 0.15) is 6.61 Å². The highest BCUT2D eigenvalue weighted by Crippen LogP contribution is 2.24. The maximum absolute atomic E-state index is 13.8. The van der Waals surface area contributed by atoms with E-state index in [2.05, 4.69) is 10.5 Å². The molecule has 0 atom stereocenters. The number of hydrogen-bond acceptors (Lipinski definition) is 4. The van der Waals surface area contributed by atoms with Crippen molar-refractivity contribution in [3.8, 4) is 5.75 Å². The smallest absolute Gasteiger partial charge is 0.191 e. The third kappa shape index (κ3) is 3.54. The highest BCUT2D eigenvalue weighted by molar-refractivity contribution is 5.31. The minimum atomic E-state index is -0.728. The molecule has 1 heterocycles. The average molecular weight is 282 g/mol. The van der Waals surface area contributed by atoms with Crippen molar-refractivity contribution in [2.75, 3.05) is 6.54 Å². The quantitative estimate of drug-likeness (QED) is 0.885. The topological polar surface area (TPSA) is 47.3 Å². The Morgan fingerprint density at radius 3 is 2.50 bits per heavy atom. The molecule has 4 nitrogen and oxygen atoms in total. The van der Waals surface area contributed by atoms with Crippen molar-refractivity contribution in [1.29, 1.82) is 0 Å². The molecule has 2 rings (SSSR count). The number of hydrogen-bond donors (Lipinski definition) is 1. The molecule has 0 amide bonds. The molecule has 6 heteroatoms. The molecule has 0 fully saturated rings. The molecule has 0 radical (unpaired) electrons. The van der Waals surface area contributed by atoms with Crippen molar-refractivity contribution < 1.29 is 18.0 Å². The fraction of sp³-hybridized carbons (Fsp3) is 0.357. The van der Waals surface area contributed by atoms with E-state index in [1.807, 2.05) is 6.92 Å². The van der Waals surface area contributed by atoms with Crippen molar-refractivity contribution >= 4 is 0 Å². The summed E-state index contributed by atoms with van der Waals surface area (Å²) >= 11 is 0. The van der Waals surface area contributed by atoms with E-state index in [0.29, 0.717) is 23.6 Å². The van der Waals surface area contributed by atoms with Gasteiger partial charge in [-0.15, -0.1) is 0 Å². The van der Waals surface area contributed by atoms with Crippen LogP contribution in [-0.4, -0.2) is 11.7 Å². The van der Waals surface area contributed by atoms with E-state index in [0.717, 1.165) is 6.54 Å². The third-order valence-electron chi connectivity index (χ3n) is 2.67. The van der Waals surface area contributed by atoms with Crippen LogP contribution in [0, 0.1) is 18.6 Å². The van der Waals surface area contributed by atoms with Crippen LogP contribution in [0.5, 0.6) is 5.75 Å². The number of aryl methyl sites for hydroxylation is 1. The summed E-state index contributed by atoms with van der Waals surface area (Å²) in [6, 6.07) is 4.16. The molecular weight excluding hydrogens is 266 g/mol. The molecular formula is C14H16F2N2O2. The van der Waals surface area contributed by atoms with Crippen molar-refractivity contribution in [2.24, 2.45) is 0 Å². The largest absolute Gasteiger partial charge is 0.479 e. The van der Waals surface area contributed by atoms with Crippen molar-refractivity contribution in [3.05, 3.63) is 46.9 Å². The van der Waals surface area contributed by atoms with Crippen LogP contribution in [0.3, 0.4) is 0 Å². The molecule has 0 spiro atoms. The minimum absolute atomic E-state index is 0.0682. The standard InChI is InChI=1S/C14H16F2N2O2/c1-3-17-7-10-5-12(15)14(13(16)6-10)19-8-11-4-9(2)18-20-11/h4-6,17H,3,7-8H2,1-2H3. The second-order valence-corrected chi connectivity index (χ2v) is 4.39. The lowest BCUT2D eigenvalue weighted by atomic mass is 10.2. The first kappa shape index (κ1) is 14.5. The van der Waals surface area contributed by atoms with Gasteiger partial charge in [0.2, 0.25) is 0 Å². The normalized spacial score (nSPS) is 10.8. The molecule has 1 aromatic heterocycles. The summed E-state index contributed by atoms with van der Waals surface area (Å²) in [7, 11) is 0. The molecule has 0 saturated carbocycles. The van der Waals surface area contributed by atoms with Gasteiger partial charge in [0.05, 0.1) is 5.69 Å². The van der Waals surface area contributed by atoms with Crippen molar-refractivity contribution in [3.63, 3.8) is 0 Å². The van der Waals surface area contributed by atoms with Crippen LogP contribution >= 0.6 is 0 Å². The number of nitrogens with one attached hydrogen (secondary N) is 1. The van der Waals surface area contributed by atoms with Crippen LogP contribution in [0.15, 0.2) is 22.7 Å². The Labute approximate surface area is 115 Å². The van der Waals surface area contributed by atoms with Gasteiger partial charge in [0.25, 0.3) is 0 Å². The molecule has 20 heavy (non-hydrogen) atoms. The molecule has 1 aromatic carbocycles. The maximum Gasteiger partial charge on any atom is 0.191 e. The molecule has 0 bridgehead atoms. The number of benzene rings is 1. The van der Waals surface area contributed by atoms with Crippen molar-refractivity contribution in [1.82, 2.24) is 10.5 Å². The van der Waals surface area contributed by atoms with Gasteiger partial charge in [-0.1, -0.05) is 12.1 Å². The second-order valence-electron chi connectivity index (χ2n) is 4.39. The minimum Gasteiger partial charge on any atom is -0.479 e. The monoisotopic (exact) mass is 282 g/mol. The predicted molar refractivity (Wildman–Crippen MR) is 69.3 cm³/mol. The fourth-order valence-corrected chi connectivity index (χ4v) is 1.75. The zero-order valence-corrected chi connectivity index (χ0v) is 11.4. The number of aromatic nitrogens is 1. The van der Waals surface area contributed by atoms with E-state index < -0.39 is 17.4 Å². The second kappa shape index (κ2) is 6.47. The summed E-state index contributed by atoms with van der Waals surface area (Å²) < 4.78 is 37.6. The summed E-state index contributed by atoms with van der Waals surface area (Å²) in [6.45, 7) is 4.74. The molecule has 2 aromatic rings. The van der Waals surface area contributed by atoms with E-state index in [1.54, 1.807) is 13.0 Å². The maximum atomic E-state index is 13.8. The summed E-state index contributed by atoms with van der Waals surface area (Å²) in [5.41, 5.74) is 1.22. The summed E-state index contributed by atoms with van der Waals surface area (Å²) in [4.78, 5) is 0. The summed E-state index contributed by atoms with van der Waals surface area (Å²) in [6.07, 6.45) is 0. The Kier molecular flexibility index (Phi) is 4.68. The highest BCUT2D eigenvalue weighted by Gasteiger charge is 2.13. The molecule has 0 aliphatic rings. The molecule has 0 unspecified atom stereocenters. The van der Waals surface area contributed by atoms with Crippen LogP contribution in [0.1, 0.15) is 23.9 Å². The van der Waals surface area contributed by atoms with Gasteiger partial charge >= 0.3 is 0 Å². The lowest BCUT2D eigenvalue weighted by molar-refractivity contribution is 0.230. The van der Waals surface area contributed by atoms with Crippen LogP contribution in [0.2, 0.25) is 0 Å². The van der Waals surface area contributed by atoms with Gasteiger partial charge < -0.3 is 14.6 Å². The van der Waals surface area contributed by atoms with Gasteiger partial charge in [0, 0.05) is 12.6 Å². The van der Waals surface area contributed by atoms with Gasteiger partial charge in [-0.25, -0.2) is 8.78 Å². The summed E-state index contributed by atoms with van der Waals surface area (Å²) in [5.74, 6) is -1.44. The Morgan fingerprint density at radius 2 is 1.95 bits per heavy atom. The van der Waals surface area contributed by atoms with Crippen molar-refractivity contribution in [2.45, 2.75) is 27.0 Å².